The number of aliphatic imine (C=N–C) groups is 1. The molecule has 0 amide bonds. The molecular formula is C19H30IN5. The Morgan fingerprint density at radius 1 is 1.28 bits per heavy atom. The zero-order chi connectivity index (χ0) is 17.4. The number of aromatic nitrogens is 2. The van der Waals surface area contributed by atoms with Crippen molar-refractivity contribution in [3.05, 3.63) is 53.9 Å². The van der Waals surface area contributed by atoms with Gasteiger partial charge in [0.1, 0.15) is 0 Å². The fraction of sp³-hybridized carbons (Fsp3) is 0.474. The van der Waals surface area contributed by atoms with E-state index in [2.05, 4.69) is 65.5 Å². The summed E-state index contributed by atoms with van der Waals surface area (Å²) in [6, 6.07) is 10.7. The van der Waals surface area contributed by atoms with Gasteiger partial charge in [0.25, 0.3) is 0 Å². The van der Waals surface area contributed by atoms with Crippen LogP contribution in [0.5, 0.6) is 0 Å². The van der Waals surface area contributed by atoms with E-state index in [1.165, 1.54) is 11.1 Å². The smallest absolute Gasteiger partial charge is 0.193 e. The molecule has 0 bridgehead atoms. The maximum Gasteiger partial charge on any atom is 0.193 e. The maximum atomic E-state index is 4.40. The van der Waals surface area contributed by atoms with E-state index in [9.17, 15) is 0 Å². The van der Waals surface area contributed by atoms with Crippen molar-refractivity contribution in [1.82, 2.24) is 20.0 Å². The van der Waals surface area contributed by atoms with E-state index >= 15 is 0 Å². The number of hydrogen-bond donors (Lipinski definition) is 1. The van der Waals surface area contributed by atoms with Crippen LogP contribution in [-0.2, 0) is 19.5 Å². The number of aryl methyl sites for hydroxylation is 1. The molecule has 1 heterocycles. The van der Waals surface area contributed by atoms with E-state index in [4.69, 9.17) is 0 Å². The maximum absolute atomic E-state index is 4.40. The van der Waals surface area contributed by atoms with Crippen LogP contribution in [0.3, 0.4) is 0 Å². The second-order valence-corrected chi connectivity index (χ2v) is 6.29. The normalized spacial score (nSPS) is 12.4. The van der Waals surface area contributed by atoms with Crippen LogP contribution < -0.4 is 5.32 Å². The van der Waals surface area contributed by atoms with Crippen LogP contribution in [-0.4, -0.2) is 41.3 Å². The van der Waals surface area contributed by atoms with Crippen LogP contribution >= 0.6 is 24.0 Å². The Balaban J connectivity index is 0.00000312. The number of rotatable bonds is 7. The topological polar surface area (TPSA) is 45.5 Å². The molecule has 0 aliphatic carbocycles. The zero-order valence-corrected chi connectivity index (χ0v) is 18.0. The van der Waals surface area contributed by atoms with E-state index < -0.39 is 0 Å². The van der Waals surface area contributed by atoms with Crippen LogP contribution in [0, 0.1) is 5.92 Å². The minimum Gasteiger partial charge on any atom is -0.356 e. The summed E-state index contributed by atoms with van der Waals surface area (Å²) in [5, 5.41) is 7.72. The molecule has 5 nitrogen and oxygen atoms in total. The lowest BCUT2D eigenvalue weighted by molar-refractivity contribution is 0.423. The van der Waals surface area contributed by atoms with Gasteiger partial charge in [0.2, 0.25) is 0 Å². The molecule has 1 atom stereocenters. The first-order chi connectivity index (χ1) is 11.6. The number of halogens is 1. The molecule has 2 aromatic rings. The lowest BCUT2D eigenvalue weighted by Crippen LogP contribution is -2.40. The van der Waals surface area contributed by atoms with Gasteiger partial charge in [-0.25, -0.2) is 0 Å². The summed E-state index contributed by atoms with van der Waals surface area (Å²) in [5.41, 5.74) is 2.67. The molecule has 0 radical (unpaired) electrons. The lowest BCUT2D eigenvalue weighted by Gasteiger charge is -2.24. The number of nitrogens with one attached hydrogen (secondary N) is 1. The first kappa shape index (κ1) is 21.5. The fourth-order valence-corrected chi connectivity index (χ4v) is 2.67. The Morgan fingerprint density at radius 3 is 2.52 bits per heavy atom. The average molecular weight is 455 g/mol. The molecule has 138 valence electrons. The van der Waals surface area contributed by atoms with Gasteiger partial charge in [-0.1, -0.05) is 38.1 Å². The molecule has 1 N–H and O–H groups in total. The van der Waals surface area contributed by atoms with Crippen molar-refractivity contribution >= 4 is 29.9 Å². The van der Waals surface area contributed by atoms with Crippen molar-refractivity contribution in [2.24, 2.45) is 10.9 Å². The van der Waals surface area contributed by atoms with Gasteiger partial charge in [-0.15, -0.1) is 24.0 Å². The Kier molecular flexibility index (Phi) is 9.55. The van der Waals surface area contributed by atoms with Gasteiger partial charge in [-0.2, -0.15) is 5.10 Å². The molecular weight excluding hydrogens is 425 g/mol. The summed E-state index contributed by atoms with van der Waals surface area (Å²) in [5.74, 6) is 1.39. The Bertz CT molecular complexity index is 622. The number of hydrogen-bond acceptors (Lipinski definition) is 2. The number of nitrogens with zero attached hydrogens (tertiary/aromatic N) is 4. The highest BCUT2D eigenvalue weighted by molar-refractivity contribution is 14.0. The molecule has 0 aliphatic rings. The average Bonchev–Trinajstić information content (AvgIpc) is 3.09. The van der Waals surface area contributed by atoms with Gasteiger partial charge in [-0.3, -0.25) is 9.67 Å². The monoisotopic (exact) mass is 455 g/mol. The van der Waals surface area contributed by atoms with E-state index in [0.717, 1.165) is 32.0 Å². The molecule has 1 aromatic heterocycles. The highest BCUT2D eigenvalue weighted by Gasteiger charge is 2.09. The molecule has 1 unspecified atom stereocenters. The van der Waals surface area contributed by atoms with Gasteiger partial charge < -0.3 is 10.2 Å². The van der Waals surface area contributed by atoms with Crippen molar-refractivity contribution in [2.45, 2.75) is 33.4 Å². The highest BCUT2D eigenvalue weighted by Crippen LogP contribution is 2.07. The standard InChI is InChI=1S/C19H29N5.HI/c1-5-17-7-9-18(10-8-17)15-23(4)19(20-3)21-13-16(2)14-24-12-6-11-22-24;/h6-12,16H,5,13-15H2,1-4H3,(H,20,21);1H. The molecule has 0 saturated carbocycles. The summed E-state index contributed by atoms with van der Waals surface area (Å²) >= 11 is 0. The van der Waals surface area contributed by atoms with Crippen LogP contribution in [0.25, 0.3) is 0 Å². The quantitative estimate of drug-likeness (QED) is 0.396. The van der Waals surface area contributed by atoms with Gasteiger partial charge in [-0.05, 0) is 29.5 Å². The first-order valence-corrected chi connectivity index (χ1v) is 8.59. The Morgan fingerprint density at radius 2 is 1.96 bits per heavy atom. The summed E-state index contributed by atoms with van der Waals surface area (Å²) in [4.78, 5) is 6.55. The van der Waals surface area contributed by atoms with Gasteiger partial charge in [0, 0.05) is 46.1 Å². The zero-order valence-electron chi connectivity index (χ0n) is 15.6. The third kappa shape index (κ3) is 7.05. The van der Waals surface area contributed by atoms with Crippen molar-refractivity contribution in [1.29, 1.82) is 0 Å². The van der Waals surface area contributed by atoms with Crippen LogP contribution in [0.4, 0.5) is 0 Å². The van der Waals surface area contributed by atoms with Crippen LogP contribution in [0.15, 0.2) is 47.7 Å². The summed E-state index contributed by atoms with van der Waals surface area (Å²) in [6.07, 6.45) is 4.89. The van der Waals surface area contributed by atoms with Crippen molar-refractivity contribution in [3.63, 3.8) is 0 Å². The molecule has 0 fully saturated rings. The van der Waals surface area contributed by atoms with Crippen molar-refractivity contribution in [3.8, 4) is 0 Å². The SMILES string of the molecule is CCc1ccc(CN(C)C(=NC)NCC(C)Cn2cccn2)cc1.I. The summed E-state index contributed by atoms with van der Waals surface area (Å²) < 4.78 is 1.97. The first-order valence-electron chi connectivity index (χ1n) is 8.59. The molecule has 1 aromatic carbocycles. The molecule has 0 spiro atoms. The molecule has 0 aliphatic heterocycles. The second-order valence-electron chi connectivity index (χ2n) is 6.29. The van der Waals surface area contributed by atoms with E-state index in [1.54, 1.807) is 0 Å². The molecule has 25 heavy (non-hydrogen) atoms. The Hall–Kier alpha value is -1.57. The second kappa shape index (κ2) is 11.1. The Labute approximate surface area is 168 Å². The van der Waals surface area contributed by atoms with Crippen LogP contribution in [0.1, 0.15) is 25.0 Å². The minimum absolute atomic E-state index is 0. The lowest BCUT2D eigenvalue weighted by atomic mass is 10.1. The predicted octanol–water partition coefficient (Wildman–Crippen LogP) is 3.41. The highest BCUT2D eigenvalue weighted by atomic mass is 127. The molecule has 0 saturated heterocycles. The predicted molar refractivity (Wildman–Crippen MR) is 115 cm³/mol. The molecule has 2 rings (SSSR count). The van der Waals surface area contributed by atoms with E-state index in [1.807, 2.05) is 30.2 Å². The summed E-state index contributed by atoms with van der Waals surface area (Å²) in [6.45, 7) is 7.00. The van der Waals surface area contributed by atoms with Crippen molar-refractivity contribution < 1.29 is 0 Å². The minimum atomic E-state index is 0. The largest absolute Gasteiger partial charge is 0.356 e. The van der Waals surface area contributed by atoms with Gasteiger partial charge in [0.05, 0.1) is 0 Å². The van der Waals surface area contributed by atoms with Gasteiger partial charge >= 0.3 is 0 Å². The third-order valence-electron chi connectivity index (χ3n) is 4.09. The number of benzene rings is 1. The molecule has 6 heteroatoms. The third-order valence-corrected chi connectivity index (χ3v) is 4.09. The number of guanidine groups is 1. The van der Waals surface area contributed by atoms with Crippen LogP contribution in [0.2, 0.25) is 0 Å². The van der Waals surface area contributed by atoms with E-state index in [0.29, 0.717) is 5.92 Å². The van der Waals surface area contributed by atoms with E-state index in [-0.39, 0.29) is 24.0 Å². The van der Waals surface area contributed by atoms with Crippen molar-refractivity contribution in [2.75, 3.05) is 20.6 Å². The fourth-order valence-electron chi connectivity index (χ4n) is 2.67. The summed E-state index contributed by atoms with van der Waals surface area (Å²) in [7, 11) is 3.90. The van der Waals surface area contributed by atoms with Gasteiger partial charge in [0.15, 0.2) is 5.96 Å².